The van der Waals surface area contributed by atoms with Crippen LogP contribution in [-0.2, 0) is 10.3 Å². The zero-order valence-electron chi connectivity index (χ0n) is 17.6. The van der Waals surface area contributed by atoms with Crippen LogP contribution in [0.3, 0.4) is 0 Å². The monoisotopic (exact) mass is 376 g/mol. The molecule has 0 spiro atoms. The molecule has 1 aliphatic heterocycles. The Bertz CT molecular complexity index is 637. The van der Waals surface area contributed by atoms with E-state index in [2.05, 4.69) is 49.9 Å². The predicted octanol–water partition coefficient (Wildman–Crippen LogP) is 2.99. The first kappa shape index (κ1) is 20.3. The van der Waals surface area contributed by atoms with E-state index in [1.807, 2.05) is 10.7 Å². The molecule has 6 heteroatoms. The number of amides is 1. The van der Waals surface area contributed by atoms with Crippen molar-refractivity contribution in [3.8, 4) is 0 Å². The average Bonchev–Trinajstić information content (AvgIpc) is 3.35. The van der Waals surface area contributed by atoms with Crippen LogP contribution in [0.15, 0.2) is 6.07 Å². The van der Waals surface area contributed by atoms with Gasteiger partial charge in [0.15, 0.2) is 0 Å². The smallest absolute Gasteiger partial charge is 0.271 e. The standard InChI is InChI=1S/C21H36N4O2/c1-15(2)12-17(24-8-10-27-11-9-24)14-22-20(26)18-13-19(16-6-7-16)25(23-18)21(3,4)5/h13,15-17H,6-12,14H2,1-5H3,(H,22,26). The average molecular weight is 377 g/mol. The van der Waals surface area contributed by atoms with E-state index in [1.54, 1.807) is 0 Å². The lowest BCUT2D eigenvalue weighted by molar-refractivity contribution is 0.0124. The SMILES string of the molecule is CC(C)CC(CNC(=O)c1cc(C2CC2)n(C(C)(C)C)n1)N1CCOCC1. The lowest BCUT2D eigenvalue weighted by Crippen LogP contribution is -2.49. The molecule has 1 aromatic rings. The maximum Gasteiger partial charge on any atom is 0.271 e. The first-order valence-corrected chi connectivity index (χ1v) is 10.5. The van der Waals surface area contributed by atoms with Crippen molar-refractivity contribution in [3.63, 3.8) is 0 Å². The number of carbonyl (C=O) groups is 1. The Morgan fingerprint density at radius 2 is 1.96 bits per heavy atom. The molecule has 0 radical (unpaired) electrons. The third kappa shape index (κ3) is 5.32. The van der Waals surface area contributed by atoms with Gasteiger partial charge in [-0.15, -0.1) is 0 Å². The summed E-state index contributed by atoms with van der Waals surface area (Å²) >= 11 is 0. The number of morpholine rings is 1. The molecule has 2 fully saturated rings. The van der Waals surface area contributed by atoms with E-state index in [9.17, 15) is 4.79 Å². The summed E-state index contributed by atoms with van der Waals surface area (Å²) in [6, 6.07) is 2.36. The van der Waals surface area contributed by atoms with E-state index < -0.39 is 0 Å². The van der Waals surface area contributed by atoms with Crippen LogP contribution in [0.2, 0.25) is 0 Å². The number of aromatic nitrogens is 2. The fourth-order valence-electron chi connectivity index (χ4n) is 3.86. The number of carbonyl (C=O) groups excluding carboxylic acids is 1. The lowest BCUT2D eigenvalue weighted by Gasteiger charge is -2.35. The van der Waals surface area contributed by atoms with Gasteiger partial charge in [-0.3, -0.25) is 14.4 Å². The van der Waals surface area contributed by atoms with Crippen LogP contribution in [-0.4, -0.2) is 59.5 Å². The Kier molecular flexibility index (Phi) is 6.26. The van der Waals surface area contributed by atoms with Crippen LogP contribution < -0.4 is 5.32 Å². The van der Waals surface area contributed by atoms with Crippen LogP contribution in [0, 0.1) is 5.92 Å². The molecule has 1 saturated heterocycles. The lowest BCUT2D eigenvalue weighted by atomic mass is 10.0. The van der Waals surface area contributed by atoms with Gasteiger partial charge in [-0.25, -0.2) is 0 Å². The predicted molar refractivity (Wildman–Crippen MR) is 107 cm³/mol. The van der Waals surface area contributed by atoms with Gasteiger partial charge < -0.3 is 10.1 Å². The summed E-state index contributed by atoms with van der Waals surface area (Å²) in [5, 5.41) is 7.82. The van der Waals surface area contributed by atoms with Gasteiger partial charge in [0.25, 0.3) is 5.91 Å². The molecule has 1 atom stereocenters. The number of nitrogens with zero attached hydrogens (tertiary/aromatic N) is 3. The second-order valence-electron chi connectivity index (χ2n) is 9.45. The molecule has 0 aromatic carbocycles. The largest absolute Gasteiger partial charge is 0.379 e. The van der Waals surface area contributed by atoms with E-state index in [0.29, 0.717) is 30.1 Å². The number of hydrogen-bond donors (Lipinski definition) is 1. The van der Waals surface area contributed by atoms with Crippen molar-refractivity contribution in [2.24, 2.45) is 5.92 Å². The molecule has 1 unspecified atom stereocenters. The van der Waals surface area contributed by atoms with Crippen LogP contribution in [0.1, 0.15) is 76.0 Å². The number of rotatable bonds is 7. The van der Waals surface area contributed by atoms with E-state index >= 15 is 0 Å². The first-order valence-electron chi connectivity index (χ1n) is 10.5. The summed E-state index contributed by atoms with van der Waals surface area (Å²) in [6.45, 7) is 15.0. The topological polar surface area (TPSA) is 59.4 Å². The highest BCUT2D eigenvalue weighted by molar-refractivity contribution is 5.92. The van der Waals surface area contributed by atoms with Gasteiger partial charge >= 0.3 is 0 Å². The summed E-state index contributed by atoms with van der Waals surface area (Å²) in [4.78, 5) is 15.3. The van der Waals surface area contributed by atoms with E-state index in [-0.39, 0.29) is 11.4 Å². The normalized spacial score (nSPS) is 20.1. The fourth-order valence-corrected chi connectivity index (χ4v) is 3.86. The molecule has 1 N–H and O–H groups in total. The van der Waals surface area contributed by atoms with Gasteiger partial charge in [-0.05, 0) is 52.0 Å². The molecule has 2 heterocycles. The van der Waals surface area contributed by atoms with Crippen molar-refractivity contribution in [3.05, 3.63) is 17.5 Å². The second kappa shape index (κ2) is 8.31. The Morgan fingerprint density at radius 3 is 2.52 bits per heavy atom. The Morgan fingerprint density at radius 1 is 1.30 bits per heavy atom. The quantitative estimate of drug-likeness (QED) is 0.795. The van der Waals surface area contributed by atoms with Crippen molar-refractivity contribution in [1.29, 1.82) is 0 Å². The molecule has 2 aliphatic rings. The van der Waals surface area contributed by atoms with Crippen molar-refractivity contribution in [2.45, 2.75) is 71.4 Å². The highest BCUT2D eigenvalue weighted by atomic mass is 16.5. The third-order valence-electron chi connectivity index (χ3n) is 5.40. The van der Waals surface area contributed by atoms with Crippen molar-refractivity contribution in [2.75, 3.05) is 32.8 Å². The minimum Gasteiger partial charge on any atom is -0.379 e. The number of ether oxygens (including phenoxy) is 1. The van der Waals surface area contributed by atoms with Gasteiger partial charge in [0, 0.05) is 37.3 Å². The first-order chi connectivity index (χ1) is 12.8. The Labute approximate surface area is 163 Å². The van der Waals surface area contributed by atoms with Gasteiger partial charge in [-0.1, -0.05) is 13.8 Å². The minimum absolute atomic E-state index is 0.0538. The molecule has 1 aromatic heterocycles. The minimum atomic E-state index is -0.107. The Hall–Kier alpha value is -1.40. The molecule has 0 bridgehead atoms. The van der Waals surface area contributed by atoms with Gasteiger partial charge in [-0.2, -0.15) is 5.10 Å². The fraction of sp³-hybridized carbons (Fsp3) is 0.810. The second-order valence-corrected chi connectivity index (χ2v) is 9.45. The van der Waals surface area contributed by atoms with Crippen molar-refractivity contribution in [1.82, 2.24) is 20.0 Å². The molecule has 3 rings (SSSR count). The highest BCUT2D eigenvalue weighted by Crippen LogP contribution is 2.41. The number of nitrogens with one attached hydrogen (secondary N) is 1. The van der Waals surface area contributed by atoms with E-state index in [1.165, 1.54) is 18.5 Å². The van der Waals surface area contributed by atoms with Gasteiger partial charge in [0.05, 0.1) is 18.8 Å². The van der Waals surface area contributed by atoms with Crippen molar-refractivity contribution < 1.29 is 9.53 Å². The molecule has 27 heavy (non-hydrogen) atoms. The van der Waals surface area contributed by atoms with E-state index in [0.717, 1.165) is 32.7 Å². The molecular formula is C21H36N4O2. The summed E-state index contributed by atoms with van der Waals surface area (Å²) in [6.07, 6.45) is 3.48. The molecule has 1 aliphatic carbocycles. The Balaban J connectivity index is 1.66. The van der Waals surface area contributed by atoms with Crippen LogP contribution in [0.4, 0.5) is 0 Å². The molecule has 152 valence electrons. The summed E-state index contributed by atoms with van der Waals surface area (Å²) in [5.41, 5.74) is 1.65. The van der Waals surface area contributed by atoms with Crippen LogP contribution in [0.25, 0.3) is 0 Å². The number of hydrogen-bond acceptors (Lipinski definition) is 4. The third-order valence-corrected chi connectivity index (χ3v) is 5.40. The summed E-state index contributed by atoms with van der Waals surface area (Å²) < 4.78 is 7.53. The molecule has 1 saturated carbocycles. The van der Waals surface area contributed by atoms with Gasteiger partial charge in [0.2, 0.25) is 0 Å². The maximum absolute atomic E-state index is 12.8. The zero-order valence-corrected chi connectivity index (χ0v) is 17.6. The summed E-state index contributed by atoms with van der Waals surface area (Å²) in [7, 11) is 0. The maximum atomic E-state index is 12.8. The molecule has 1 amide bonds. The van der Waals surface area contributed by atoms with Crippen molar-refractivity contribution >= 4 is 5.91 Å². The highest BCUT2D eigenvalue weighted by Gasteiger charge is 2.32. The van der Waals surface area contributed by atoms with Crippen LogP contribution in [0.5, 0.6) is 0 Å². The zero-order chi connectivity index (χ0) is 19.6. The molecular weight excluding hydrogens is 340 g/mol. The van der Waals surface area contributed by atoms with Crippen LogP contribution >= 0.6 is 0 Å². The van der Waals surface area contributed by atoms with Gasteiger partial charge in [0.1, 0.15) is 5.69 Å². The van der Waals surface area contributed by atoms with E-state index in [4.69, 9.17) is 4.74 Å². The summed E-state index contributed by atoms with van der Waals surface area (Å²) in [5.74, 6) is 1.11. The molecule has 6 nitrogen and oxygen atoms in total.